The fourth-order valence-corrected chi connectivity index (χ4v) is 2.16. The van der Waals surface area contributed by atoms with Gasteiger partial charge in [0.15, 0.2) is 0 Å². The zero-order valence-corrected chi connectivity index (χ0v) is 7.43. The molecule has 1 heterocycles. The van der Waals surface area contributed by atoms with Crippen LogP contribution in [0.1, 0.15) is 32.1 Å². The van der Waals surface area contributed by atoms with Gasteiger partial charge in [-0.1, -0.05) is 19.3 Å². The van der Waals surface area contributed by atoms with Gasteiger partial charge in [0.25, 0.3) is 0 Å². The highest BCUT2D eigenvalue weighted by Crippen LogP contribution is 2.42. The van der Waals surface area contributed by atoms with Gasteiger partial charge in [-0.25, -0.2) is 0 Å². The third-order valence-corrected chi connectivity index (χ3v) is 2.79. The van der Waals surface area contributed by atoms with Crippen LogP contribution in [0.4, 0.5) is 0 Å². The molecule has 0 unspecified atom stereocenters. The first kappa shape index (κ1) is 7.14. The molecule has 2 nitrogen and oxygen atoms in total. The maximum atomic E-state index is 4.59. The van der Waals surface area contributed by atoms with Crippen molar-refractivity contribution in [3.05, 3.63) is 0 Å². The highest BCUT2D eigenvalue weighted by molar-refractivity contribution is 6.03. The van der Waals surface area contributed by atoms with Crippen LogP contribution in [-0.4, -0.2) is 30.4 Å². The van der Waals surface area contributed by atoms with E-state index in [1.54, 1.807) is 0 Å². The summed E-state index contributed by atoms with van der Waals surface area (Å²) >= 11 is 0. The van der Waals surface area contributed by atoms with Gasteiger partial charge in [0, 0.05) is 14.1 Å². The summed E-state index contributed by atoms with van der Waals surface area (Å²) in [7, 11) is 4.20. The van der Waals surface area contributed by atoms with Crippen molar-refractivity contribution < 1.29 is 0 Å². The maximum Gasteiger partial charge on any atom is 0.128 e. The first-order valence-corrected chi connectivity index (χ1v) is 4.52. The average molecular weight is 152 g/mol. The van der Waals surface area contributed by atoms with Crippen molar-refractivity contribution in [3.8, 4) is 0 Å². The van der Waals surface area contributed by atoms with Crippen LogP contribution in [0.2, 0.25) is 0 Å². The van der Waals surface area contributed by atoms with Crippen molar-refractivity contribution in [2.45, 2.75) is 37.6 Å². The molecule has 2 aliphatic rings. The van der Waals surface area contributed by atoms with Gasteiger partial charge in [0.1, 0.15) is 11.4 Å². The number of likely N-dealkylation sites (N-methyl/N-ethyl adjacent to an activating group) is 1. The summed E-state index contributed by atoms with van der Waals surface area (Å²) in [6, 6.07) is 0. The lowest BCUT2D eigenvalue weighted by atomic mass is 9.86. The Morgan fingerprint density at radius 1 is 1.18 bits per heavy atom. The number of hydrogen-bond acceptors (Lipinski definition) is 2. The first-order chi connectivity index (χ1) is 5.25. The average Bonchev–Trinajstić information content (AvgIpc) is 2.66. The lowest BCUT2D eigenvalue weighted by Crippen LogP contribution is -2.30. The molecule has 0 aromatic rings. The minimum Gasteiger partial charge on any atom is -0.364 e. The second-order valence-electron chi connectivity index (χ2n) is 3.92. The van der Waals surface area contributed by atoms with E-state index in [1.807, 2.05) is 0 Å². The molecule has 0 amide bonds. The number of amidine groups is 1. The quantitative estimate of drug-likeness (QED) is 0.515. The summed E-state index contributed by atoms with van der Waals surface area (Å²) in [6.45, 7) is 0. The van der Waals surface area contributed by atoms with E-state index < -0.39 is 0 Å². The molecule has 11 heavy (non-hydrogen) atoms. The Labute approximate surface area is 68.3 Å². The Kier molecular flexibility index (Phi) is 1.44. The second-order valence-corrected chi connectivity index (χ2v) is 3.92. The smallest absolute Gasteiger partial charge is 0.128 e. The summed E-state index contributed by atoms with van der Waals surface area (Å²) in [5.74, 6) is 1.34. The van der Waals surface area contributed by atoms with Crippen molar-refractivity contribution in [1.29, 1.82) is 0 Å². The number of rotatable bonds is 0. The third kappa shape index (κ3) is 1.05. The monoisotopic (exact) mass is 152 g/mol. The SMILES string of the molecule is CN(C)C1=NC12CCCCC2. The van der Waals surface area contributed by atoms with E-state index in [2.05, 4.69) is 24.0 Å². The van der Waals surface area contributed by atoms with E-state index in [-0.39, 0.29) is 0 Å². The molecule has 1 spiro atoms. The maximum absolute atomic E-state index is 4.59. The lowest BCUT2D eigenvalue weighted by Gasteiger charge is -2.22. The number of nitrogens with zero attached hydrogens (tertiary/aromatic N) is 2. The molecule has 0 aromatic carbocycles. The number of hydrogen-bond donors (Lipinski definition) is 0. The fourth-order valence-electron chi connectivity index (χ4n) is 2.16. The summed E-state index contributed by atoms with van der Waals surface area (Å²) in [6.07, 6.45) is 6.78. The molecular formula is C9H16N2. The Hall–Kier alpha value is -0.530. The third-order valence-electron chi connectivity index (χ3n) is 2.79. The van der Waals surface area contributed by atoms with Crippen LogP contribution in [0.3, 0.4) is 0 Å². The van der Waals surface area contributed by atoms with Crippen LogP contribution in [0.5, 0.6) is 0 Å². The molecule has 1 fully saturated rings. The van der Waals surface area contributed by atoms with E-state index in [0.29, 0.717) is 5.54 Å². The van der Waals surface area contributed by atoms with E-state index in [1.165, 1.54) is 37.9 Å². The van der Waals surface area contributed by atoms with Crippen molar-refractivity contribution in [3.63, 3.8) is 0 Å². The van der Waals surface area contributed by atoms with Crippen molar-refractivity contribution >= 4 is 5.84 Å². The molecule has 0 saturated heterocycles. The summed E-state index contributed by atoms with van der Waals surface area (Å²) in [5, 5.41) is 0. The number of aliphatic imine (C=N–C) groups is 1. The zero-order valence-electron chi connectivity index (χ0n) is 7.43. The second kappa shape index (κ2) is 2.23. The predicted molar refractivity (Wildman–Crippen MR) is 46.9 cm³/mol. The van der Waals surface area contributed by atoms with Gasteiger partial charge in [-0.15, -0.1) is 0 Å². The molecule has 0 radical (unpaired) electrons. The Bertz CT molecular complexity index is 188. The van der Waals surface area contributed by atoms with Gasteiger partial charge in [0.2, 0.25) is 0 Å². The largest absolute Gasteiger partial charge is 0.364 e. The molecular weight excluding hydrogens is 136 g/mol. The first-order valence-electron chi connectivity index (χ1n) is 4.52. The topological polar surface area (TPSA) is 15.6 Å². The molecule has 2 heteroatoms. The van der Waals surface area contributed by atoms with E-state index in [9.17, 15) is 0 Å². The highest BCUT2D eigenvalue weighted by atomic mass is 15.3. The van der Waals surface area contributed by atoms with E-state index in [4.69, 9.17) is 0 Å². The van der Waals surface area contributed by atoms with Crippen LogP contribution in [0.15, 0.2) is 4.99 Å². The molecule has 62 valence electrons. The fraction of sp³-hybridized carbons (Fsp3) is 0.889. The van der Waals surface area contributed by atoms with Gasteiger partial charge in [-0.05, 0) is 12.8 Å². The summed E-state index contributed by atoms with van der Waals surface area (Å²) < 4.78 is 0. The normalized spacial score (nSPS) is 26.5. The predicted octanol–water partition coefficient (Wildman–Crippen LogP) is 1.66. The van der Waals surface area contributed by atoms with Crippen LogP contribution in [0.25, 0.3) is 0 Å². The van der Waals surface area contributed by atoms with Gasteiger partial charge >= 0.3 is 0 Å². The van der Waals surface area contributed by atoms with Gasteiger partial charge in [0.05, 0.1) is 0 Å². The zero-order chi connectivity index (χ0) is 7.90. The molecule has 1 aliphatic heterocycles. The molecule has 1 aliphatic carbocycles. The minimum absolute atomic E-state index is 0.335. The summed E-state index contributed by atoms with van der Waals surface area (Å²) in [5.41, 5.74) is 0.335. The lowest BCUT2D eigenvalue weighted by molar-refractivity contribution is 0.415. The molecule has 1 saturated carbocycles. The molecule has 0 N–H and O–H groups in total. The van der Waals surface area contributed by atoms with E-state index >= 15 is 0 Å². The van der Waals surface area contributed by atoms with E-state index in [0.717, 1.165) is 0 Å². The molecule has 0 atom stereocenters. The van der Waals surface area contributed by atoms with Crippen LogP contribution in [0, 0.1) is 0 Å². The van der Waals surface area contributed by atoms with Gasteiger partial charge < -0.3 is 4.90 Å². The highest BCUT2D eigenvalue weighted by Gasteiger charge is 2.48. The Morgan fingerprint density at radius 2 is 1.82 bits per heavy atom. The van der Waals surface area contributed by atoms with Gasteiger partial charge in [-0.2, -0.15) is 0 Å². The molecule has 2 rings (SSSR count). The summed E-state index contributed by atoms with van der Waals surface area (Å²) in [4.78, 5) is 6.76. The standard InChI is InChI=1S/C9H16N2/c1-11(2)8-9(10-8)6-4-3-5-7-9/h3-7H2,1-2H3. The Balaban J connectivity index is 1.96. The van der Waals surface area contributed by atoms with Crippen molar-refractivity contribution in [2.24, 2.45) is 4.99 Å². The van der Waals surface area contributed by atoms with Crippen LogP contribution >= 0.6 is 0 Å². The Morgan fingerprint density at radius 3 is 2.27 bits per heavy atom. The van der Waals surface area contributed by atoms with Crippen LogP contribution < -0.4 is 0 Å². The molecule has 0 aromatic heterocycles. The van der Waals surface area contributed by atoms with Crippen LogP contribution in [-0.2, 0) is 0 Å². The minimum atomic E-state index is 0.335. The van der Waals surface area contributed by atoms with Crippen molar-refractivity contribution in [1.82, 2.24) is 4.90 Å². The molecule has 0 bridgehead atoms. The van der Waals surface area contributed by atoms with Crippen molar-refractivity contribution in [2.75, 3.05) is 14.1 Å². The van der Waals surface area contributed by atoms with Gasteiger partial charge in [-0.3, -0.25) is 4.99 Å².